The lowest BCUT2D eigenvalue weighted by Crippen LogP contribution is -2.26. The van der Waals surface area contributed by atoms with E-state index < -0.39 is 0 Å². The van der Waals surface area contributed by atoms with Crippen molar-refractivity contribution in [1.29, 1.82) is 0 Å². The van der Waals surface area contributed by atoms with Crippen molar-refractivity contribution in [3.63, 3.8) is 0 Å². The molecule has 21 heavy (non-hydrogen) atoms. The van der Waals surface area contributed by atoms with Crippen LogP contribution in [0.5, 0.6) is 0 Å². The highest BCUT2D eigenvalue weighted by Crippen LogP contribution is 2.23. The fraction of sp³-hybridized carbons (Fsp3) is 0.412. The van der Waals surface area contributed by atoms with Crippen LogP contribution in [-0.4, -0.2) is 22.8 Å². The van der Waals surface area contributed by atoms with Crippen LogP contribution < -0.4 is 0 Å². The van der Waals surface area contributed by atoms with E-state index in [-0.39, 0.29) is 5.91 Å². The van der Waals surface area contributed by atoms with E-state index in [0.29, 0.717) is 6.54 Å². The molecule has 1 aromatic heterocycles. The first-order valence-corrected chi connectivity index (χ1v) is 8.30. The number of aryl methyl sites for hydroxylation is 3. The standard InChI is InChI=1S/C17H20N2OS/c1-12-18-16(11-21-12)10-19(2)17(20)15-8-7-13-5-3-4-6-14(13)9-15/h7-9,11H,3-6,10H2,1-2H3. The summed E-state index contributed by atoms with van der Waals surface area (Å²) in [7, 11) is 1.84. The highest BCUT2D eigenvalue weighted by molar-refractivity contribution is 7.09. The molecule has 0 saturated carbocycles. The van der Waals surface area contributed by atoms with Crippen LogP contribution in [0.3, 0.4) is 0 Å². The van der Waals surface area contributed by atoms with Gasteiger partial charge in [-0.05, 0) is 55.9 Å². The molecule has 3 nitrogen and oxygen atoms in total. The average Bonchev–Trinajstić information content (AvgIpc) is 2.91. The van der Waals surface area contributed by atoms with Crippen LogP contribution in [0.25, 0.3) is 0 Å². The van der Waals surface area contributed by atoms with Gasteiger partial charge in [0, 0.05) is 18.0 Å². The number of hydrogen-bond acceptors (Lipinski definition) is 3. The fourth-order valence-electron chi connectivity index (χ4n) is 2.88. The van der Waals surface area contributed by atoms with Gasteiger partial charge in [-0.25, -0.2) is 4.98 Å². The van der Waals surface area contributed by atoms with E-state index in [0.717, 1.165) is 29.1 Å². The number of carbonyl (C=O) groups excluding carboxylic acids is 1. The van der Waals surface area contributed by atoms with Crippen molar-refractivity contribution >= 4 is 17.2 Å². The third-order valence-corrected chi connectivity index (χ3v) is 4.83. The zero-order valence-electron chi connectivity index (χ0n) is 12.6. The number of benzene rings is 1. The molecule has 0 fully saturated rings. The van der Waals surface area contributed by atoms with Crippen LogP contribution in [0.4, 0.5) is 0 Å². The van der Waals surface area contributed by atoms with Crippen molar-refractivity contribution in [3.8, 4) is 0 Å². The van der Waals surface area contributed by atoms with Gasteiger partial charge in [-0.3, -0.25) is 4.79 Å². The molecule has 0 bridgehead atoms. The number of amides is 1. The van der Waals surface area contributed by atoms with Gasteiger partial charge in [0.05, 0.1) is 17.2 Å². The second kappa shape index (κ2) is 5.98. The first-order valence-electron chi connectivity index (χ1n) is 7.42. The third-order valence-electron chi connectivity index (χ3n) is 4.01. The van der Waals surface area contributed by atoms with Crippen LogP contribution in [0.2, 0.25) is 0 Å². The summed E-state index contributed by atoms with van der Waals surface area (Å²) in [6, 6.07) is 6.18. The number of hydrogen-bond donors (Lipinski definition) is 0. The number of aromatic nitrogens is 1. The quantitative estimate of drug-likeness (QED) is 0.867. The molecule has 0 aliphatic heterocycles. The molecule has 1 aliphatic carbocycles. The van der Waals surface area contributed by atoms with Gasteiger partial charge in [0.25, 0.3) is 5.91 Å². The summed E-state index contributed by atoms with van der Waals surface area (Å²) < 4.78 is 0. The second-order valence-electron chi connectivity index (χ2n) is 5.71. The molecule has 3 rings (SSSR count). The van der Waals surface area contributed by atoms with Gasteiger partial charge in [-0.15, -0.1) is 11.3 Å². The minimum absolute atomic E-state index is 0.0778. The highest BCUT2D eigenvalue weighted by Gasteiger charge is 2.16. The minimum Gasteiger partial charge on any atom is -0.336 e. The number of carbonyl (C=O) groups is 1. The van der Waals surface area contributed by atoms with E-state index in [9.17, 15) is 4.79 Å². The summed E-state index contributed by atoms with van der Waals surface area (Å²) >= 11 is 1.62. The lowest BCUT2D eigenvalue weighted by Gasteiger charge is -2.19. The van der Waals surface area contributed by atoms with Gasteiger partial charge in [-0.2, -0.15) is 0 Å². The van der Waals surface area contributed by atoms with Crippen molar-refractivity contribution in [2.75, 3.05) is 7.05 Å². The topological polar surface area (TPSA) is 33.2 Å². The summed E-state index contributed by atoms with van der Waals surface area (Å²) in [5.41, 5.74) is 4.52. The molecule has 2 aromatic rings. The Morgan fingerprint density at radius 1 is 1.29 bits per heavy atom. The lowest BCUT2D eigenvalue weighted by atomic mass is 9.90. The Kier molecular flexibility index (Phi) is 4.06. The predicted molar refractivity (Wildman–Crippen MR) is 85.7 cm³/mol. The van der Waals surface area contributed by atoms with Gasteiger partial charge < -0.3 is 4.90 Å². The molecular formula is C17H20N2OS. The maximum absolute atomic E-state index is 12.5. The van der Waals surface area contributed by atoms with Crippen LogP contribution in [0.15, 0.2) is 23.6 Å². The van der Waals surface area contributed by atoms with E-state index >= 15 is 0 Å². The van der Waals surface area contributed by atoms with Gasteiger partial charge in [0.1, 0.15) is 0 Å². The lowest BCUT2D eigenvalue weighted by molar-refractivity contribution is 0.0783. The molecule has 0 atom stereocenters. The Balaban J connectivity index is 1.75. The van der Waals surface area contributed by atoms with E-state index in [2.05, 4.69) is 17.1 Å². The molecule has 0 spiro atoms. The Hall–Kier alpha value is -1.68. The van der Waals surface area contributed by atoms with Crippen LogP contribution >= 0.6 is 11.3 Å². The number of nitrogens with zero attached hydrogens (tertiary/aromatic N) is 2. The normalized spacial score (nSPS) is 13.8. The van der Waals surface area contributed by atoms with Crippen molar-refractivity contribution in [2.24, 2.45) is 0 Å². The first kappa shape index (κ1) is 14.3. The van der Waals surface area contributed by atoms with Gasteiger partial charge in [-0.1, -0.05) is 6.07 Å². The summed E-state index contributed by atoms with van der Waals surface area (Å²) in [5.74, 6) is 0.0778. The number of thiazole rings is 1. The van der Waals surface area contributed by atoms with Gasteiger partial charge in [0.15, 0.2) is 0 Å². The van der Waals surface area contributed by atoms with E-state index in [4.69, 9.17) is 0 Å². The molecule has 1 aromatic carbocycles. The van der Waals surface area contributed by atoms with E-state index in [1.165, 1.54) is 24.0 Å². The van der Waals surface area contributed by atoms with Crippen LogP contribution in [0, 0.1) is 6.92 Å². The molecule has 0 saturated heterocycles. The Bertz CT molecular complexity index is 663. The molecule has 110 valence electrons. The number of rotatable bonds is 3. The highest BCUT2D eigenvalue weighted by atomic mass is 32.1. The van der Waals surface area contributed by atoms with Gasteiger partial charge in [0.2, 0.25) is 0 Å². The third kappa shape index (κ3) is 3.16. The van der Waals surface area contributed by atoms with Crippen molar-refractivity contribution < 1.29 is 4.79 Å². The Labute approximate surface area is 129 Å². The Morgan fingerprint density at radius 3 is 2.76 bits per heavy atom. The molecule has 1 aliphatic rings. The molecular weight excluding hydrogens is 280 g/mol. The monoisotopic (exact) mass is 300 g/mol. The zero-order valence-corrected chi connectivity index (χ0v) is 13.4. The summed E-state index contributed by atoms with van der Waals surface area (Å²) in [4.78, 5) is 18.7. The van der Waals surface area contributed by atoms with E-state index in [1.54, 1.807) is 16.2 Å². The summed E-state index contributed by atoms with van der Waals surface area (Å²) in [6.45, 7) is 2.56. The SMILES string of the molecule is Cc1nc(CN(C)C(=O)c2ccc3c(c2)CCCC3)cs1. The molecule has 1 heterocycles. The largest absolute Gasteiger partial charge is 0.336 e. The van der Waals surface area contributed by atoms with Crippen molar-refractivity contribution in [3.05, 3.63) is 51.0 Å². The Morgan fingerprint density at radius 2 is 2.05 bits per heavy atom. The molecule has 1 amide bonds. The summed E-state index contributed by atoms with van der Waals surface area (Å²) in [5, 5.41) is 3.06. The second-order valence-corrected chi connectivity index (χ2v) is 6.77. The van der Waals surface area contributed by atoms with E-state index in [1.807, 2.05) is 25.4 Å². The summed E-state index contributed by atoms with van der Waals surface area (Å²) in [6.07, 6.45) is 4.76. The molecule has 0 radical (unpaired) electrons. The fourth-order valence-corrected chi connectivity index (χ4v) is 3.49. The first-order chi connectivity index (χ1) is 10.1. The zero-order chi connectivity index (χ0) is 14.8. The van der Waals surface area contributed by atoms with Crippen molar-refractivity contribution in [2.45, 2.75) is 39.2 Å². The maximum atomic E-state index is 12.5. The van der Waals surface area contributed by atoms with Crippen LogP contribution in [-0.2, 0) is 19.4 Å². The smallest absolute Gasteiger partial charge is 0.253 e. The minimum atomic E-state index is 0.0778. The average molecular weight is 300 g/mol. The number of fused-ring (bicyclic) bond motifs is 1. The van der Waals surface area contributed by atoms with Gasteiger partial charge >= 0.3 is 0 Å². The maximum Gasteiger partial charge on any atom is 0.253 e. The van der Waals surface area contributed by atoms with Crippen LogP contribution in [0.1, 0.15) is 45.0 Å². The molecule has 0 N–H and O–H groups in total. The van der Waals surface area contributed by atoms with Crippen molar-refractivity contribution in [1.82, 2.24) is 9.88 Å². The molecule has 0 unspecified atom stereocenters. The predicted octanol–water partition coefficient (Wildman–Crippen LogP) is 3.60. The molecule has 4 heteroatoms.